The Morgan fingerprint density at radius 3 is 1.80 bits per heavy atom. The van der Waals surface area contributed by atoms with Gasteiger partial charge in [-0.2, -0.15) is 0 Å². The average molecular weight is 396 g/mol. The van der Waals surface area contributed by atoms with Crippen molar-refractivity contribution >= 4 is 10.8 Å². The average Bonchev–Trinajstić information content (AvgIpc) is 2.76. The molecule has 4 aromatic carbocycles. The van der Waals surface area contributed by atoms with Gasteiger partial charge >= 0.3 is 0 Å². The highest BCUT2D eigenvalue weighted by atomic mass is 16.3. The van der Waals surface area contributed by atoms with Crippen molar-refractivity contribution in [2.45, 2.75) is 38.3 Å². The maximum Gasteiger partial charge on any atom is 0.0920 e. The highest BCUT2D eigenvalue weighted by Crippen LogP contribution is 2.35. The lowest BCUT2D eigenvalue weighted by atomic mass is 9.77. The van der Waals surface area contributed by atoms with Crippen LogP contribution >= 0.6 is 0 Å². The fourth-order valence-electron chi connectivity index (χ4n) is 4.37. The van der Waals surface area contributed by atoms with Gasteiger partial charge in [-0.15, -0.1) is 0 Å². The van der Waals surface area contributed by atoms with E-state index < -0.39 is 11.6 Å². The maximum atomic E-state index is 12.1. The van der Waals surface area contributed by atoms with Crippen LogP contribution in [0.5, 0.6) is 0 Å². The second-order valence-corrected chi connectivity index (χ2v) is 8.36. The predicted molar refractivity (Wildman–Crippen MR) is 126 cm³/mol. The molecule has 4 rings (SSSR count). The minimum atomic E-state index is -1.12. The highest BCUT2D eigenvalue weighted by molar-refractivity contribution is 5.86. The minimum Gasteiger partial charge on any atom is -0.387 e. The van der Waals surface area contributed by atoms with E-state index in [1.807, 2.05) is 48.5 Å². The van der Waals surface area contributed by atoms with E-state index in [0.717, 1.165) is 27.5 Å². The molecular weight excluding hydrogens is 366 g/mol. The molecule has 0 aliphatic rings. The van der Waals surface area contributed by atoms with Crippen molar-refractivity contribution in [3.8, 4) is 0 Å². The molecule has 0 aromatic heterocycles. The van der Waals surface area contributed by atoms with Crippen LogP contribution in [0.4, 0.5) is 0 Å². The number of aliphatic hydroxyl groups is 1. The molecule has 0 bridgehead atoms. The number of nitrogens with two attached hydrogens (primary N) is 1. The molecule has 0 aliphatic heterocycles. The molecular formula is C28H29NO. The summed E-state index contributed by atoms with van der Waals surface area (Å²) in [4.78, 5) is 0. The molecule has 2 heteroatoms. The Hall–Kier alpha value is -2.94. The number of rotatable bonds is 6. The van der Waals surface area contributed by atoms with Crippen LogP contribution in [0.15, 0.2) is 91.0 Å². The summed E-state index contributed by atoms with van der Waals surface area (Å²) >= 11 is 0. The third-order valence-corrected chi connectivity index (χ3v) is 6.25. The van der Waals surface area contributed by atoms with Crippen LogP contribution in [-0.2, 0) is 12.8 Å². The van der Waals surface area contributed by atoms with E-state index in [2.05, 4.69) is 56.3 Å². The first-order chi connectivity index (χ1) is 14.5. The van der Waals surface area contributed by atoms with Crippen molar-refractivity contribution in [3.63, 3.8) is 0 Å². The quantitative estimate of drug-likeness (QED) is 0.442. The van der Waals surface area contributed by atoms with Crippen LogP contribution < -0.4 is 5.73 Å². The van der Waals surface area contributed by atoms with Gasteiger partial charge in [-0.25, -0.2) is 0 Å². The standard InChI is InChI=1S/C28H29NO/c1-20-10-3-5-13-23(20)18-28(30,19-24-14-6-4-11-21(24)2)27(29)26-17-9-15-22-12-7-8-16-25(22)26/h3-17,27,30H,18-19,29H2,1-2H3. The molecule has 0 fully saturated rings. The Bertz CT molecular complexity index is 1110. The lowest BCUT2D eigenvalue weighted by Gasteiger charge is -2.36. The normalized spacial score (nSPS) is 12.8. The first-order valence-corrected chi connectivity index (χ1v) is 10.5. The lowest BCUT2D eigenvalue weighted by molar-refractivity contribution is 0.0138. The zero-order chi connectivity index (χ0) is 21.1. The van der Waals surface area contributed by atoms with Gasteiger partial charge in [0.25, 0.3) is 0 Å². The second kappa shape index (κ2) is 8.43. The van der Waals surface area contributed by atoms with Crippen molar-refractivity contribution in [3.05, 3.63) is 119 Å². The van der Waals surface area contributed by atoms with Crippen molar-refractivity contribution in [1.82, 2.24) is 0 Å². The minimum absolute atomic E-state index is 0.498. The van der Waals surface area contributed by atoms with Crippen LogP contribution in [0, 0.1) is 13.8 Å². The van der Waals surface area contributed by atoms with Gasteiger partial charge in [0, 0.05) is 12.8 Å². The van der Waals surface area contributed by atoms with Crippen molar-refractivity contribution in [1.29, 1.82) is 0 Å². The van der Waals surface area contributed by atoms with Crippen molar-refractivity contribution < 1.29 is 5.11 Å². The summed E-state index contributed by atoms with van der Waals surface area (Å²) in [6, 6.07) is 30.4. The van der Waals surface area contributed by atoms with Gasteiger partial charge in [-0.1, -0.05) is 91.0 Å². The molecule has 152 valence electrons. The van der Waals surface area contributed by atoms with Gasteiger partial charge in [0.15, 0.2) is 0 Å². The van der Waals surface area contributed by atoms with E-state index in [1.54, 1.807) is 0 Å². The Labute approximate surface area is 179 Å². The van der Waals surface area contributed by atoms with E-state index in [0.29, 0.717) is 12.8 Å². The highest BCUT2D eigenvalue weighted by Gasteiger charge is 2.37. The van der Waals surface area contributed by atoms with E-state index in [-0.39, 0.29) is 0 Å². The van der Waals surface area contributed by atoms with E-state index >= 15 is 0 Å². The molecule has 4 aromatic rings. The summed E-state index contributed by atoms with van der Waals surface area (Å²) in [7, 11) is 0. The summed E-state index contributed by atoms with van der Waals surface area (Å²) in [6.07, 6.45) is 0.997. The summed E-state index contributed by atoms with van der Waals surface area (Å²) in [5, 5.41) is 14.4. The lowest BCUT2D eigenvalue weighted by Crippen LogP contribution is -2.45. The van der Waals surface area contributed by atoms with Gasteiger partial charge < -0.3 is 10.8 Å². The fraction of sp³-hybridized carbons (Fsp3) is 0.214. The zero-order valence-corrected chi connectivity index (χ0v) is 17.7. The Morgan fingerprint density at radius 2 is 1.20 bits per heavy atom. The molecule has 0 heterocycles. The summed E-state index contributed by atoms with van der Waals surface area (Å²) < 4.78 is 0. The largest absolute Gasteiger partial charge is 0.387 e. The SMILES string of the molecule is Cc1ccccc1CC(O)(Cc1ccccc1C)C(N)c1cccc2ccccc12. The molecule has 0 aliphatic carbocycles. The van der Waals surface area contributed by atoms with Crippen LogP contribution in [0.2, 0.25) is 0 Å². The smallest absolute Gasteiger partial charge is 0.0920 e. The second-order valence-electron chi connectivity index (χ2n) is 8.36. The first kappa shape index (κ1) is 20.3. The fourth-order valence-corrected chi connectivity index (χ4v) is 4.37. The van der Waals surface area contributed by atoms with Crippen LogP contribution in [-0.4, -0.2) is 10.7 Å². The van der Waals surface area contributed by atoms with Gasteiger partial charge in [0.2, 0.25) is 0 Å². The molecule has 0 spiro atoms. The molecule has 30 heavy (non-hydrogen) atoms. The Morgan fingerprint density at radius 1 is 0.700 bits per heavy atom. The van der Waals surface area contributed by atoms with Crippen molar-refractivity contribution in [2.24, 2.45) is 5.73 Å². The van der Waals surface area contributed by atoms with Gasteiger partial charge in [0.1, 0.15) is 0 Å². The van der Waals surface area contributed by atoms with E-state index in [9.17, 15) is 5.11 Å². The molecule has 0 radical (unpaired) electrons. The predicted octanol–water partition coefficient (Wildman–Crippen LogP) is 5.67. The van der Waals surface area contributed by atoms with Gasteiger partial charge in [-0.3, -0.25) is 0 Å². The van der Waals surface area contributed by atoms with Gasteiger partial charge in [-0.05, 0) is 52.4 Å². The van der Waals surface area contributed by atoms with Crippen LogP contribution in [0.25, 0.3) is 10.8 Å². The number of hydrogen-bond acceptors (Lipinski definition) is 2. The topological polar surface area (TPSA) is 46.2 Å². The van der Waals surface area contributed by atoms with E-state index in [4.69, 9.17) is 5.73 Å². The molecule has 0 saturated carbocycles. The van der Waals surface area contributed by atoms with Gasteiger partial charge in [0.05, 0.1) is 11.6 Å². The molecule has 1 atom stereocenters. The summed E-state index contributed by atoms with van der Waals surface area (Å²) in [6.45, 7) is 4.18. The molecule has 0 amide bonds. The van der Waals surface area contributed by atoms with E-state index in [1.165, 1.54) is 11.1 Å². The van der Waals surface area contributed by atoms with Crippen molar-refractivity contribution in [2.75, 3.05) is 0 Å². The molecule has 1 unspecified atom stereocenters. The zero-order valence-electron chi connectivity index (χ0n) is 17.7. The third-order valence-electron chi connectivity index (χ3n) is 6.25. The molecule has 0 saturated heterocycles. The first-order valence-electron chi connectivity index (χ1n) is 10.5. The number of benzene rings is 4. The Kier molecular flexibility index (Phi) is 5.72. The Balaban J connectivity index is 1.81. The third kappa shape index (κ3) is 4.02. The summed E-state index contributed by atoms with van der Waals surface area (Å²) in [5.74, 6) is 0. The number of hydrogen-bond donors (Lipinski definition) is 2. The number of fused-ring (bicyclic) bond motifs is 1. The molecule has 2 nitrogen and oxygen atoms in total. The summed E-state index contributed by atoms with van der Waals surface area (Å²) in [5.41, 5.74) is 11.3. The maximum absolute atomic E-state index is 12.1. The van der Waals surface area contributed by atoms with Crippen LogP contribution in [0.1, 0.15) is 33.9 Å². The molecule has 3 N–H and O–H groups in total. The monoisotopic (exact) mass is 395 g/mol. The van der Waals surface area contributed by atoms with Crippen LogP contribution in [0.3, 0.4) is 0 Å². The number of aryl methyl sites for hydroxylation is 2.